The molecule has 0 saturated carbocycles. The zero-order chi connectivity index (χ0) is 21.0. The Morgan fingerprint density at radius 3 is 2.62 bits per heavy atom. The second kappa shape index (κ2) is 9.28. The zero-order valence-corrected chi connectivity index (χ0v) is 18.8. The van der Waals surface area contributed by atoms with E-state index in [4.69, 9.17) is 0 Å². The van der Waals surface area contributed by atoms with E-state index in [-0.39, 0.29) is 5.91 Å². The third-order valence-electron chi connectivity index (χ3n) is 5.31. The molecule has 1 aliphatic rings. The molecule has 2 N–H and O–H groups in total. The highest BCUT2D eigenvalue weighted by Gasteiger charge is 2.31. The lowest BCUT2D eigenvalue weighted by atomic mass is 9.93. The summed E-state index contributed by atoms with van der Waals surface area (Å²) in [7, 11) is -3.32. The smallest absolute Gasteiger partial charge is 0.251 e. The Hall–Kier alpha value is -1.90. The molecule has 0 fully saturated rings. The zero-order valence-electron chi connectivity index (χ0n) is 17.1. The summed E-state index contributed by atoms with van der Waals surface area (Å²) in [6.07, 6.45) is 4.48. The molecular weight excluding hydrogens is 406 g/mol. The number of nitrogens with zero attached hydrogens (tertiary/aromatic N) is 1. The van der Waals surface area contributed by atoms with Crippen LogP contribution in [0.15, 0.2) is 35.7 Å². The van der Waals surface area contributed by atoms with Crippen molar-refractivity contribution >= 4 is 33.0 Å². The van der Waals surface area contributed by atoms with E-state index in [0.29, 0.717) is 29.9 Å². The number of anilines is 1. The van der Waals surface area contributed by atoms with Crippen LogP contribution < -0.4 is 10.0 Å². The second-order valence-corrected chi connectivity index (χ2v) is 10.3. The molecular formula is C21H29N3O3S2. The number of rotatable bonds is 8. The van der Waals surface area contributed by atoms with Crippen LogP contribution in [0.1, 0.15) is 53.5 Å². The van der Waals surface area contributed by atoms with E-state index in [2.05, 4.69) is 40.2 Å². The Morgan fingerprint density at radius 1 is 1.24 bits per heavy atom. The highest BCUT2D eigenvalue weighted by atomic mass is 32.2. The van der Waals surface area contributed by atoms with Gasteiger partial charge < -0.3 is 5.32 Å². The highest BCUT2D eigenvalue weighted by Crippen LogP contribution is 2.37. The summed E-state index contributed by atoms with van der Waals surface area (Å²) in [5, 5.41) is 5.18. The molecule has 2 heterocycles. The van der Waals surface area contributed by atoms with Gasteiger partial charge in [0.2, 0.25) is 10.0 Å². The summed E-state index contributed by atoms with van der Waals surface area (Å²) in [4.78, 5) is 16.4. The van der Waals surface area contributed by atoms with E-state index < -0.39 is 10.0 Å². The van der Waals surface area contributed by atoms with Gasteiger partial charge in [-0.15, -0.1) is 11.3 Å². The van der Waals surface area contributed by atoms with E-state index in [1.165, 1.54) is 10.4 Å². The number of benzene rings is 1. The molecule has 2 aromatic rings. The molecule has 0 spiro atoms. The molecule has 2 unspecified atom stereocenters. The van der Waals surface area contributed by atoms with Crippen LogP contribution in [0.2, 0.25) is 0 Å². The summed E-state index contributed by atoms with van der Waals surface area (Å²) in [5.41, 5.74) is 2.44. The Kier molecular flexibility index (Phi) is 6.97. The number of nitrogens with one attached hydrogen (secondary N) is 2. The fraction of sp³-hybridized carbons (Fsp3) is 0.476. The van der Waals surface area contributed by atoms with Gasteiger partial charge in [0, 0.05) is 41.3 Å². The van der Waals surface area contributed by atoms with Gasteiger partial charge >= 0.3 is 0 Å². The van der Waals surface area contributed by atoms with Gasteiger partial charge in [-0.05, 0) is 61.0 Å². The summed E-state index contributed by atoms with van der Waals surface area (Å²) < 4.78 is 24.9. The number of fused-ring (bicyclic) bond motifs is 1. The predicted octanol–water partition coefficient (Wildman–Crippen LogP) is 3.64. The van der Waals surface area contributed by atoms with E-state index in [1.54, 1.807) is 24.3 Å². The van der Waals surface area contributed by atoms with Gasteiger partial charge in [0.25, 0.3) is 5.91 Å². The van der Waals surface area contributed by atoms with Gasteiger partial charge in [-0.25, -0.2) is 8.42 Å². The first-order valence-electron chi connectivity index (χ1n) is 9.96. The van der Waals surface area contributed by atoms with E-state index in [1.807, 2.05) is 11.3 Å². The summed E-state index contributed by atoms with van der Waals surface area (Å²) in [5.74, 6) is -0.149. The molecule has 29 heavy (non-hydrogen) atoms. The number of carbonyl (C=O) groups is 1. The fourth-order valence-corrected chi connectivity index (χ4v) is 5.58. The molecule has 0 bridgehead atoms. The molecule has 2 atom stereocenters. The molecule has 3 rings (SSSR count). The van der Waals surface area contributed by atoms with Crippen molar-refractivity contribution in [1.29, 1.82) is 0 Å². The van der Waals surface area contributed by atoms with Crippen molar-refractivity contribution in [2.45, 2.75) is 45.2 Å². The number of hydrogen-bond donors (Lipinski definition) is 2. The van der Waals surface area contributed by atoms with Gasteiger partial charge in [-0.3, -0.25) is 14.4 Å². The van der Waals surface area contributed by atoms with Crippen molar-refractivity contribution in [3.8, 4) is 0 Å². The minimum atomic E-state index is -3.32. The Balaban J connectivity index is 1.57. The first-order chi connectivity index (χ1) is 13.8. The lowest BCUT2D eigenvalue weighted by molar-refractivity contribution is 0.0918. The Bertz CT molecular complexity index is 938. The van der Waals surface area contributed by atoms with Crippen LogP contribution in [0.25, 0.3) is 0 Å². The van der Waals surface area contributed by atoms with Gasteiger partial charge in [0.1, 0.15) is 0 Å². The van der Waals surface area contributed by atoms with E-state index in [0.717, 1.165) is 32.1 Å². The minimum Gasteiger partial charge on any atom is -0.351 e. The van der Waals surface area contributed by atoms with Crippen molar-refractivity contribution in [1.82, 2.24) is 10.2 Å². The molecule has 8 heteroatoms. The van der Waals surface area contributed by atoms with Crippen LogP contribution >= 0.6 is 11.3 Å². The average molecular weight is 436 g/mol. The third kappa shape index (κ3) is 5.58. The summed E-state index contributed by atoms with van der Waals surface area (Å²) in [6, 6.07) is 9.58. The van der Waals surface area contributed by atoms with Crippen molar-refractivity contribution in [2.75, 3.05) is 24.1 Å². The first kappa shape index (κ1) is 21.8. The lowest BCUT2D eigenvalue weighted by Gasteiger charge is -2.40. The van der Waals surface area contributed by atoms with Crippen LogP contribution in [0.5, 0.6) is 0 Å². The number of thiophene rings is 1. The number of carbonyl (C=O) groups excluding carboxylic acids is 1. The molecule has 0 aliphatic carbocycles. The molecule has 0 radical (unpaired) electrons. The van der Waals surface area contributed by atoms with Crippen LogP contribution in [0.3, 0.4) is 0 Å². The fourth-order valence-electron chi connectivity index (χ4n) is 4.00. The molecule has 6 nitrogen and oxygen atoms in total. The predicted molar refractivity (Wildman–Crippen MR) is 119 cm³/mol. The van der Waals surface area contributed by atoms with Crippen LogP contribution in [0.4, 0.5) is 5.69 Å². The number of amides is 1. The van der Waals surface area contributed by atoms with Crippen molar-refractivity contribution in [2.24, 2.45) is 0 Å². The largest absolute Gasteiger partial charge is 0.351 e. The summed E-state index contributed by atoms with van der Waals surface area (Å²) in [6.45, 7) is 5.86. The first-order valence-corrected chi connectivity index (χ1v) is 12.7. The lowest BCUT2D eigenvalue weighted by Crippen LogP contribution is -2.45. The third-order valence-corrected chi connectivity index (χ3v) is 7.05. The molecule has 1 amide bonds. The molecule has 1 aliphatic heterocycles. The minimum absolute atomic E-state index is 0.149. The van der Waals surface area contributed by atoms with Crippen molar-refractivity contribution < 1.29 is 13.2 Å². The summed E-state index contributed by atoms with van der Waals surface area (Å²) >= 11 is 1.82. The van der Waals surface area contributed by atoms with Crippen LogP contribution in [0, 0.1) is 0 Å². The van der Waals surface area contributed by atoms with Crippen molar-refractivity contribution in [3.05, 3.63) is 51.7 Å². The highest BCUT2D eigenvalue weighted by molar-refractivity contribution is 7.92. The van der Waals surface area contributed by atoms with Crippen LogP contribution in [-0.2, 0) is 16.4 Å². The SMILES string of the molecule is CCCC1Cc2ccsc2C(C)N1CCNC(=O)c1ccc(NS(C)(=O)=O)cc1. The molecule has 0 saturated heterocycles. The normalized spacial score (nSPS) is 19.6. The Morgan fingerprint density at radius 2 is 1.97 bits per heavy atom. The monoisotopic (exact) mass is 435 g/mol. The number of sulfonamides is 1. The second-order valence-electron chi connectivity index (χ2n) is 7.58. The average Bonchev–Trinajstić information content (AvgIpc) is 3.12. The standard InChI is InChI=1S/C21H29N3O3S2/c1-4-5-19-14-17-10-13-28-20(17)15(2)24(19)12-11-22-21(25)16-6-8-18(9-7-16)23-29(3,26)27/h6-10,13,15,19,23H,4-5,11-12,14H2,1-3H3,(H,22,25). The maximum Gasteiger partial charge on any atom is 0.251 e. The van der Waals surface area contributed by atoms with Gasteiger partial charge in [0.05, 0.1) is 6.26 Å². The molecule has 1 aromatic carbocycles. The van der Waals surface area contributed by atoms with Crippen molar-refractivity contribution in [3.63, 3.8) is 0 Å². The Labute approximate surface area is 177 Å². The van der Waals surface area contributed by atoms with Gasteiger partial charge in [0.15, 0.2) is 0 Å². The number of hydrogen-bond acceptors (Lipinski definition) is 5. The molecule has 158 valence electrons. The van der Waals surface area contributed by atoms with Crippen LogP contribution in [-0.4, -0.2) is 44.6 Å². The quantitative estimate of drug-likeness (QED) is 0.664. The van der Waals surface area contributed by atoms with Gasteiger partial charge in [-0.1, -0.05) is 13.3 Å². The van der Waals surface area contributed by atoms with E-state index in [9.17, 15) is 13.2 Å². The maximum atomic E-state index is 12.5. The molecule has 1 aromatic heterocycles. The van der Waals surface area contributed by atoms with Gasteiger partial charge in [-0.2, -0.15) is 0 Å². The maximum absolute atomic E-state index is 12.5. The van der Waals surface area contributed by atoms with E-state index >= 15 is 0 Å². The topological polar surface area (TPSA) is 78.5 Å².